The van der Waals surface area contributed by atoms with Crippen LogP contribution in [0.25, 0.3) is 0 Å². The van der Waals surface area contributed by atoms with Crippen LogP contribution in [0.15, 0.2) is 24.3 Å². The molecule has 0 radical (unpaired) electrons. The van der Waals surface area contributed by atoms with Crippen LogP contribution in [0.3, 0.4) is 0 Å². The summed E-state index contributed by atoms with van der Waals surface area (Å²) < 4.78 is 5.51. The Morgan fingerprint density at radius 1 is 1.43 bits per heavy atom. The molecule has 1 atom stereocenters. The normalized spacial score (nSPS) is 18.0. The number of para-hydroxylation sites is 1. The molecule has 0 bridgehead atoms. The third kappa shape index (κ3) is 5.21. The Hall–Kier alpha value is -1.27. The molecule has 1 heterocycles. The molecule has 6 heteroatoms. The molecule has 1 fully saturated rings. The Labute approximate surface area is 134 Å². The van der Waals surface area contributed by atoms with Gasteiger partial charge in [-0.2, -0.15) is 11.8 Å². The van der Waals surface area contributed by atoms with Crippen molar-refractivity contribution in [1.82, 2.24) is 5.32 Å². The Morgan fingerprint density at radius 3 is 2.95 bits per heavy atom. The average molecular weight is 324 g/mol. The van der Waals surface area contributed by atoms with E-state index in [1.165, 1.54) is 25.0 Å². The van der Waals surface area contributed by atoms with E-state index in [4.69, 9.17) is 22.7 Å². The Morgan fingerprint density at radius 2 is 2.24 bits per heavy atom. The molecule has 0 aliphatic carbocycles. The largest absolute Gasteiger partial charge is 0.483 e. The first-order chi connectivity index (χ1) is 10.2. The summed E-state index contributed by atoms with van der Waals surface area (Å²) in [6, 6.07) is 7.21. The molecular weight excluding hydrogens is 304 g/mol. The van der Waals surface area contributed by atoms with Gasteiger partial charge in [0.25, 0.3) is 5.91 Å². The van der Waals surface area contributed by atoms with Gasteiger partial charge in [-0.25, -0.2) is 0 Å². The van der Waals surface area contributed by atoms with Crippen LogP contribution >= 0.6 is 24.0 Å². The number of thiocarbonyl (C=S) groups is 1. The van der Waals surface area contributed by atoms with Crippen LogP contribution in [0.5, 0.6) is 5.75 Å². The summed E-state index contributed by atoms with van der Waals surface area (Å²) in [5.74, 6) is 1.63. The van der Waals surface area contributed by atoms with Crippen molar-refractivity contribution < 1.29 is 9.53 Å². The number of ether oxygens (including phenoxy) is 1. The molecule has 1 saturated heterocycles. The van der Waals surface area contributed by atoms with Crippen LogP contribution in [-0.2, 0) is 4.79 Å². The fraction of sp³-hybridized carbons (Fsp3) is 0.467. The van der Waals surface area contributed by atoms with Crippen LogP contribution in [0.1, 0.15) is 24.8 Å². The molecule has 1 amide bonds. The topological polar surface area (TPSA) is 64.3 Å². The Bertz CT molecular complexity index is 502. The molecule has 1 aliphatic heterocycles. The van der Waals surface area contributed by atoms with Crippen molar-refractivity contribution in [2.24, 2.45) is 5.73 Å². The van der Waals surface area contributed by atoms with Crippen molar-refractivity contribution >= 4 is 34.9 Å². The zero-order valence-electron chi connectivity index (χ0n) is 11.8. The van der Waals surface area contributed by atoms with Gasteiger partial charge in [0, 0.05) is 11.8 Å². The molecule has 114 valence electrons. The third-order valence-corrected chi connectivity index (χ3v) is 4.93. The van der Waals surface area contributed by atoms with E-state index in [9.17, 15) is 4.79 Å². The number of benzene rings is 1. The number of carbonyl (C=O) groups is 1. The zero-order chi connectivity index (χ0) is 15.1. The van der Waals surface area contributed by atoms with Crippen LogP contribution in [0.2, 0.25) is 0 Å². The van der Waals surface area contributed by atoms with Crippen molar-refractivity contribution in [3.05, 3.63) is 29.8 Å². The lowest BCUT2D eigenvalue weighted by Gasteiger charge is -2.21. The van der Waals surface area contributed by atoms with Gasteiger partial charge in [0.2, 0.25) is 0 Å². The van der Waals surface area contributed by atoms with Gasteiger partial charge >= 0.3 is 0 Å². The monoisotopic (exact) mass is 324 g/mol. The minimum atomic E-state index is -0.112. The van der Waals surface area contributed by atoms with Crippen molar-refractivity contribution in [2.45, 2.75) is 24.5 Å². The van der Waals surface area contributed by atoms with Gasteiger partial charge < -0.3 is 15.8 Å². The van der Waals surface area contributed by atoms with Crippen LogP contribution in [-0.4, -0.2) is 35.1 Å². The summed E-state index contributed by atoms with van der Waals surface area (Å²) in [5, 5.41) is 3.46. The van der Waals surface area contributed by atoms with Gasteiger partial charge in [0.1, 0.15) is 10.7 Å². The molecule has 0 spiro atoms. The SMILES string of the molecule is NC(=S)c1ccccc1OCC(=O)NCC1CCCCS1. The quantitative estimate of drug-likeness (QED) is 0.785. The summed E-state index contributed by atoms with van der Waals surface area (Å²) in [5.41, 5.74) is 6.28. The van der Waals surface area contributed by atoms with Crippen molar-refractivity contribution in [2.75, 3.05) is 18.9 Å². The summed E-state index contributed by atoms with van der Waals surface area (Å²) in [4.78, 5) is 12.1. The summed E-state index contributed by atoms with van der Waals surface area (Å²) in [6.07, 6.45) is 3.72. The maximum Gasteiger partial charge on any atom is 0.257 e. The van der Waals surface area contributed by atoms with E-state index >= 15 is 0 Å². The highest BCUT2D eigenvalue weighted by Crippen LogP contribution is 2.24. The summed E-state index contributed by atoms with van der Waals surface area (Å²) >= 11 is 6.90. The molecule has 1 aromatic rings. The first-order valence-electron chi connectivity index (χ1n) is 7.07. The first kappa shape index (κ1) is 16.1. The highest BCUT2D eigenvalue weighted by atomic mass is 32.2. The molecule has 1 unspecified atom stereocenters. The van der Waals surface area contributed by atoms with E-state index in [1.54, 1.807) is 12.1 Å². The van der Waals surface area contributed by atoms with Crippen molar-refractivity contribution in [3.63, 3.8) is 0 Å². The fourth-order valence-electron chi connectivity index (χ4n) is 2.19. The average Bonchev–Trinajstić information content (AvgIpc) is 2.52. The third-order valence-electron chi connectivity index (χ3n) is 3.31. The molecule has 0 aromatic heterocycles. The number of hydrogen-bond acceptors (Lipinski definition) is 4. The minimum absolute atomic E-state index is 0.0169. The van der Waals surface area contributed by atoms with E-state index in [1.807, 2.05) is 23.9 Å². The van der Waals surface area contributed by atoms with E-state index in [-0.39, 0.29) is 17.5 Å². The molecule has 1 aromatic carbocycles. The zero-order valence-corrected chi connectivity index (χ0v) is 13.5. The standard InChI is InChI=1S/C15H20N2O2S2/c16-15(20)12-6-1-2-7-13(12)19-10-14(18)17-9-11-5-3-4-8-21-11/h1-2,6-7,11H,3-5,8-10H2,(H2,16,20)(H,17,18). The predicted molar refractivity (Wildman–Crippen MR) is 90.9 cm³/mol. The van der Waals surface area contributed by atoms with Gasteiger partial charge in [-0.1, -0.05) is 30.8 Å². The van der Waals surface area contributed by atoms with E-state index in [2.05, 4.69) is 5.32 Å². The van der Waals surface area contributed by atoms with E-state index in [0.717, 1.165) is 0 Å². The summed E-state index contributed by atoms with van der Waals surface area (Å²) in [6.45, 7) is 0.695. The number of rotatable bonds is 6. The number of carbonyl (C=O) groups excluding carboxylic acids is 1. The molecular formula is C15H20N2O2S2. The first-order valence-corrected chi connectivity index (χ1v) is 8.52. The predicted octanol–water partition coefficient (Wildman–Crippen LogP) is 2.10. The van der Waals surface area contributed by atoms with Crippen LogP contribution in [0, 0.1) is 0 Å². The molecule has 2 rings (SSSR count). The fourth-order valence-corrected chi connectivity index (χ4v) is 3.59. The lowest BCUT2D eigenvalue weighted by atomic mass is 10.2. The van der Waals surface area contributed by atoms with Gasteiger partial charge in [0.05, 0.1) is 5.56 Å². The van der Waals surface area contributed by atoms with Crippen molar-refractivity contribution in [1.29, 1.82) is 0 Å². The number of hydrogen-bond donors (Lipinski definition) is 2. The maximum absolute atomic E-state index is 11.8. The van der Waals surface area contributed by atoms with Gasteiger partial charge in [-0.3, -0.25) is 4.79 Å². The van der Waals surface area contributed by atoms with E-state index in [0.29, 0.717) is 23.1 Å². The lowest BCUT2D eigenvalue weighted by Crippen LogP contribution is -2.35. The van der Waals surface area contributed by atoms with Crippen LogP contribution < -0.4 is 15.8 Å². The second-order valence-electron chi connectivity index (χ2n) is 4.94. The Balaban J connectivity index is 1.77. The van der Waals surface area contributed by atoms with Gasteiger partial charge in [0.15, 0.2) is 6.61 Å². The molecule has 21 heavy (non-hydrogen) atoms. The number of amides is 1. The number of nitrogens with one attached hydrogen (secondary N) is 1. The van der Waals surface area contributed by atoms with Crippen LogP contribution in [0.4, 0.5) is 0 Å². The molecule has 0 saturated carbocycles. The van der Waals surface area contributed by atoms with Gasteiger partial charge in [-0.15, -0.1) is 0 Å². The number of thioether (sulfide) groups is 1. The maximum atomic E-state index is 11.8. The second-order valence-corrected chi connectivity index (χ2v) is 6.79. The lowest BCUT2D eigenvalue weighted by molar-refractivity contribution is -0.123. The number of nitrogens with two attached hydrogens (primary N) is 1. The molecule has 3 N–H and O–H groups in total. The van der Waals surface area contributed by atoms with Crippen molar-refractivity contribution in [3.8, 4) is 5.75 Å². The van der Waals surface area contributed by atoms with Gasteiger partial charge in [-0.05, 0) is 30.7 Å². The highest BCUT2D eigenvalue weighted by molar-refractivity contribution is 7.99. The minimum Gasteiger partial charge on any atom is -0.483 e. The summed E-state index contributed by atoms with van der Waals surface area (Å²) in [7, 11) is 0. The Kier molecular flexibility index (Phi) is 6.32. The highest BCUT2D eigenvalue weighted by Gasteiger charge is 2.15. The molecule has 4 nitrogen and oxygen atoms in total. The second kappa shape index (κ2) is 8.24. The smallest absolute Gasteiger partial charge is 0.257 e. The van der Waals surface area contributed by atoms with E-state index < -0.39 is 0 Å². The molecule has 1 aliphatic rings.